The first-order chi connectivity index (χ1) is 13.2. The van der Waals surface area contributed by atoms with Crippen molar-refractivity contribution < 1.29 is 9.53 Å². The summed E-state index contributed by atoms with van der Waals surface area (Å²) in [6, 6.07) is 11.2. The Kier molecular flexibility index (Phi) is 5.27. The van der Waals surface area contributed by atoms with E-state index in [2.05, 4.69) is 14.9 Å². The minimum atomic E-state index is 0.0357. The Bertz CT molecular complexity index is 920. The number of piperazine rings is 1. The van der Waals surface area contributed by atoms with Crippen LogP contribution in [0.4, 0.5) is 0 Å². The summed E-state index contributed by atoms with van der Waals surface area (Å²) >= 11 is 6.02. The minimum absolute atomic E-state index is 0.0357. The van der Waals surface area contributed by atoms with Crippen LogP contribution in [0.5, 0.6) is 5.75 Å². The molecule has 1 aliphatic rings. The van der Waals surface area contributed by atoms with Crippen molar-refractivity contribution >= 4 is 28.4 Å². The van der Waals surface area contributed by atoms with Gasteiger partial charge in [0.05, 0.1) is 6.20 Å². The van der Waals surface area contributed by atoms with Gasteiger partial charge in [-0.3, -0.25) is 14.7 Å². The first kappa shape index (κ1) is 17.8. The molecule has 3 aromatic rings. The van der Waals surface area contributed by atoms with E-state index in [-0.39, 0.29) is 5.91 Å². The van der Waals surface area contributed by atoms with Gasteiger partial charge in [-0.05, 0) is 36.4 Å². The van der Waals surface area contributed by atoms with Crippen LogP contribution in [-0.4, -0.2) is 65.0 Å². The molecule has 0 atom stereocenters. The Morgan fingerprint density at radius 3 is 2.81 bits per heavy atom. The number of carbonyl (C=O) groups is 1. The van der Waals surface area contributed by atoms with E-state index in [1.54, 1.807) is 12.4 Å². The van der Waals surface area contributed by atoms with Crippen LogP contribution >= 0.6 is 11.6 Å². The maximum Gasteiger partial charge on any atom is 0.270 e. The summed E-state index contributed by atoms with van der Waals surface area (Å²) in [5.74, 6) is 0.818. The lowest BCUT2D eigenvalue weighted by atomic mass is 10.2. The molecule has 3 heterocycles. The number of hydrogen-bond acceptors (Lipinski definition) is 4. The Morgan fingerprint density at radius 1 is 1.19 bits per heavy atom. The van der Waals surface area contributed by atoms with Crippen molar-refractivity contribution in [1.82, 2.24) is 19.8 Å². The van der Waals surface area contributed by atoms with Crippen molar-refractivity contribution in [2.24, 2.45) is 0 Å². The zero-order valence-electron chi connectivity index (χ0n) is 14.9. The summed E-state index contributed by atoms with van der Waals surface area (Å²) in [5, 5.41) is 1.62. The SMILES string of the molecule is O=C(c1cc2cc(Cl)ccc2[nH]1)N1CCN(CCOc2cccnc2)CC1. The van der Waals surface area contributed by atoms with E-state index >= 15 is 0 Å². The number of hydrogen-bond donors (Lipinski definition) is 1. The third-order valence-corrected chi connectivity index (χ3v) is 5.02. The highest BCUT2D eigenvalue weighted by molar-refractivity contribution is 6.31. The van der Waals surface area contributed by atoms with Crippen LogP contribution in [0.2, 0.25) is 5.02 Å². The van der Waals surface area contributed by atoms with Crippen molar-refractivity contribution in [3.05, 3.63) is 59.5 Å². The van der Waals surface area contributed by atoms with Crippen LogP contribution in [0.3, 0.4) is 0 Å². The highest BCUT2D eigenvalue weighted by Crippen LogP contribution is 2.21. The molecule has 0 spiro atoms. The van der Waals surface area contributed by atoms with Gasteiger partial charge in [-0.15, -0.1) is 0 Å². The fraction of sp³-hybridized carbons (Fsp3) is 0.300. The molecule has 27 heavy (non-hydrogen) atoms. The standard InChI is InChI=1S/C20H21ClN4O2/c21-16-3-4-18-15(12-16)13-19(23-18)20(26)25-8-6-24(7-9-25)10-11-27-17-2-1-5-22-14-17/h1-5,12-14,23H,6-11H2. The van der Waals surface area contributed by atoms with Crippen molar-refractivity contribution in [3.8, 4) is 5.75 Å². The minimum Gasteiger partial charge on any atom is -0.491 e. The second-order valence-electron chi connectivity index (χ2n) is 6.59. The Hall–Kier alpha value is -2.57. The van der Waals surface area contributed by atoms with E-state index in [0.29, 0.717) is 30.4 Å². The third kappa shape index (κ3) is 4.23. The maximum absolute atomic E-state index is 12.8. The van der Waals surface area contributed by atoms with E-state index in [1.165, 1.54) is 0 Å². The molecule has 7 heteroatoms. The second-order valence-corrected chi connectivity index (χ2v) is 7.02. The summed E-state index contributed by atoms with van der Waals surface area (Å²) in [6.45, 7) is 4.55. The number of carbonyl (C=O) groups excluding carboxylic acids is 1. The number of fused-ring (bicyclic) bond motifs is 1. The predicted molar refractivity (Wildman–Crippen MR) is 105 cm³/mol. The Morgan fingerprint density at radius 2 is 2.04 bits per heavy atom. The molecule has 0 bridgehead atoms. The number of rotatable bonds is 5. The van der Waals surface area contributed by atoms with Gasteiger partial charge in [0, 0.05) is 54.8 Å². The smallest absolute Gasteiger partial charge is 0.270 e. The lowest BCUT2D eigenvalue weighted by molar-refractivity contribution is 0.0615. The molecular weight excluding hydrogens is 364 g/mol. The summed E-state index contributed by atoms with van der Waals surface area (Å²) < 4.78 is 5.70. The molecule has 0 saturated carbocycles. The number of nitrogens with one attached hydrogen (secondary N) is 1. The van der Waals surface area contributed by atoms with Crippen molar-refractivity contribution in [1.29, 1.82) is 0 Å². The quantitative estimate of drug-likeness (QED) is 0.734. The average Bonchev–Trinajstić information content (AvgIpc) is 3.12. The van der Waals surface area contributed by atoms with Crippen molar-refractivity contribution in [2.45, 2.75) is 0 Å². The number of H-pyrrole nitrogens is 1. The maximum atomic E-state index is 12.8. The Labute approximate surface area is 162 Å². The molecule has 6 nitrogen and oxygen atoms in total. The lowest BCUT2D eigenvalue weighted by Gasteiger charge is -2.34. The van der Waals surface area contributed by atoms with E-state index in [9.17, 15) is 4.79 Å². The molecule has 1 aliphatic heterocycles. The molecule has 140 valence electrons. The topological polar surface area (TPSA) is 61.5 Å². The summed E-state index contributed by atoms with van der Waals surface area (Å²) in [7, 11) is 0. The third-order valence-electron chi connectivity index (χ3n) is 4.78. The largest absolute Gasteiger partial charge is 0.491 e. The number of pyridine rings is 1. The van der Waals surface area contributed by atoms with Crippen LogP contribution in [-0.2, 0) is 0 Å². The molecule has 1 fully saturated rings. The van der Waals surface area contributed by atoms with Gasteiger partial charge < -0.3 is 14.6 Å². The fourth-order valence-corrected chi connectivity index (χ4v) is 3.47. The molecule has 1 saturated heterocycles. The van der Waals surface area contributed by atoms with E-state index in [1.807, 2.05) is 41.3 Å². The van der Waals surface area contributed by atoms with Crippen LogP contribution in [0.25, 0.3) is 10.9 Å². The predicted octanol–water partition coefficient (Wildman–Crippen LogP) is 3.05. The number of nitrogens with zero attached hydrogens (tertiary/aromatic N) is 3. The van der Waals surface area contributed by atoms with Crippen LogP contribution in [0, 0.1) is 0 Å². The van der Waals surface area contributed by atoms with Crippen molar-refractivity contribution in [2.75, 3.05) is 39.3 Å². The van der Waals surface area contributed by atoms with Crippen LogP contribution < -0.4 is 4.74 Å². The summed E-state index contributed by atoms with van der Waals surface area (Å²) in [4.78, 5) is 24.2. The fourth-order valence-electron chi connectivity index (χ4n) is 3.29. The zero-order chi connectivity index (χ0) is 18.6. The Balaban J connectivity index is 1.28. The van der Waals surface area contributed by atoms with Gasteiger partial charge in [0.15, 0.2) is 0 Å². The number of ether oxygens (including phenoxy) is 1. The lowest BCUT2D eigenvalue weighted by Crippen LogP contribution is -2.49. The second kappa shape index (κ2) is 7.98. The number of aromatic nitrogens is 2. The first-order valence-corrected chi connectivity index (χ1v) is 9.39. The van der Waals surface area contributed by atoms with Gasteiger partial charge in [0.25, 0.3) is 5.91 Å². The summed E-state index contributed by atoms with van der Waals surface area (Å²) in [6.07, 6.45) is 3.44. The molecule has 1 N–H and O–H groups in total. The molecule has 0 aliphatic carbocycles. The molecule has 0 unspecified atom stereocenters. The van der Waals surface area contributed by atoms with Gasteiger partial charge in [-0.1, -0.05) is 11.6 Å². The van der Waals surface area contributed by atoms with Gasteiger partial charge >= 0.3 is 0 Å². The number of amides is 1. The van der Waals surface area contributed by atoms with Crippen LogP contribution in [0.15, 0.2) is 48.8 Å². The highest BCUT2D eigenvalue weighted by Gasteiger charge is 2.23. The van der Waals surface area contributed by atoms with E-state index in [0.717, 1.165) is 36.3 Å². The van der Waals surface area contributed by atoms with E-state index in [4.69, 9.17) is 16.3 Å². The van der Waals surface area contributed by atoms with Gasteiger partial charge in [-0.25, -0.2) is 0 Å². The normalized spacial score (nSPS) is 15.2. The van der Waals surface area contributed by atoms with Gasteiger partial charge in [0.1, 0.15) is 18.1 Å². The van der Waals surface area contributed by atoms with Gasteiger partial charge in [-0.2, -0.15) is 0 Å². The number of benzene rings is 1. The summed E-state index contributed by atoms with van der Waals surface area (Å²) in [5.41, 5.74) is 1.54. The van der Waals surface area contributed by atoms with Crippen molar-refractivity contribution in [3.63, 3.8) is 0 Å². The van der Waals surface area contributed by atoms with E-state index < -0.39 is 0 Å². The molecular formula is C20H21ClN4O2. The average molecular weight is 385 g/mol. The monoisotopic (exact) mass is 384 g/mol. The molecule has 4 rings (SSSR count). The highest BCUT2D eigenvalue weighted by atomic mass is 35.5. The molecule has 0 radical (unpaired) electrons. The molecule has 1 amide bonds. The molecule has 1 aromatic carbocycles. The number of halogens is 1. The first-order valence-electron chi connectivity index (χ1n) is 9.02. The zero-order valence-corrected chi connectivity index (χ0v) is 15.7. The number of aromatic amines is 1. The molecule has 2 aromatic heterocycles. The van der Waals surface area contributed by atoms with Crippen LogP contribution in [0.1, 0.15) is 10.5 Å². The van der Waals surface area contributed by atoms with Gasteiger partial charge in [0.2, 0.25) is 0 Å².